The molecule has 84 valence electrons. The second-order valence-corrected chi connectivity index (χ2v) is 5.04. The number of aromatic hydroxyl groups is 2. The van der Waals surface area contributed by atoms with E-state index in [0.717, 1.165) is 18.4 Å². The fourth-order valence-corrected chi connectivity index (χ4v) is 2.53. The highest BCUT2D eigenvalue weighted by molar-refractivity contribution is 7.84. The van der Waals surface area contributed by atoms with Crippen LogP contribution in [-0.4, -0.2) is 20.2 Å². The minimum absolute atomic E-state index is 0.141. The lowest BCUT2D eigenvalue weighted by atomic mass is 10.2. The summed E-state index contributed by atoms with van der Waals surface area (Å²) in [4.78, 5) is 0. The van der Waals surface area contributed by atoms with Crippen LogP contribution in [0.2, 0.25) is 0 Å². The normalized spacial score (nSPS) is 12.6. The van der Waals surface area contributed by atoms with Crippen LogP contribution in [0.15, 0.2) is 18.2 Å². The van der Waals surface area contributed by atoms with Crippen LogP contribution in [-0.2, 0) is 16.6 Å². The lowest BCUT2D eigenvalue weighted by Gasteiger charge is -2.03. The van der Waals surface area contributed by atoms with Crippen LogP contribution in [0, 0.1) is 0 Å². The number of rotatable bonds is 5. The summed E-state index contributed by atoms with van der Waals surface area (Å²) in [6.07, 6.45) is 1.99. The SMILES string of the molecule is CCCCS(=O)Cc1ccc(O)c(O)c1. The van der Waals surface area contributed by atoms with E-state index in [1.165, 1.54) is 12.1 Å². The second kappa shape index (κ2) is 5.75. The second-order valence-electron chi connectivity index (χ2n) is 3.46. The Bertz CT molecular complexity index is 350. The van der Waals surface area contributed by atoms with Gasteiger partial charge in [0.1, 0.15) is 0 Å². The molecule has 0 saturated carbocycles. The van der Waals surface area contributed by atoms with Crippen LogP contribution in [0.5, 0.6) is 11.5 Å². The van der Waals surface area contributed by atoms with Crippen molar-refractivity contribution in [2.75, 3.05) is 5.75 Å². The summed E-state index contributed by atoms with van der Waals surface area (Å²) in [6, 6.07) is 4.56. The van der Waals surface area contributed by atoms with Crippen molar-refractivity contribution in [2.24, 2.45) is 0 Å². The van der Waals surface area contributed by atoms with Gasteiger partial charge in [-0.15, -0.1) is 0 Å². The highest BCUT2D eigenvalue weighted by Crippen LogP contribution is 2.25. The first kappa shape index (κ1) is 12.0. The zero-order valence-electron chi connectivity index (χ0n) is 8.77. The van der Waals surface area contributed by atoms with E-state index in [9.17, 15) is 9.32 Å². The maximum Gasteiger partial charge on any atom is 0.157 e. The molecule has 0 fully saturated rings. The molecule has 1 unspecified atom stereocenters. The van der Waals surface area contributed by atoms with Crippen LogP contribution < -0.4 is 0 Å². The fraction of sp³-hybridized carbons (Fsp3) is 0.455. The van der Waals surface area contributed by atoms with E-state index < -0.39 is 10.8 Å². The Labute approximate surface area is 92.2 Å². The van der Waals surface area contributed by atoms with Gasteiger partial charge in [-0.2, -0.15) is 0 Å². The highest BCUT2D eigenvalue weighted by atomic mass is 32.2. The molecule has 0 heterocycles. The van der Waals surface area contributed by atoms with Crippen molar-refractivity contribution in [1.82, 2.24) is 0 Å². The van der Waals surface area contributed by atoms with Gasteiger partial charge in [0.25, 0.3) is 0 Å². The van der Waals surface area contributed by atoms with E-state index >= 15 is 0 Å². The van der Waals surface area contributed by atoms with Crippen LogP contribution in [0.4, 0.5) is 0 Å². The molecule has 0 aliphatic carbocycles. The third kappa shape index (κ3) is 3.91. The lowest BCUT2D eigenvalue weighted by molar-refractivity contribution is 0.403. The van der Waals surface area contributed by atoms with E-state index in [4.69, 9.17) is 5.11 Å². The van der Waals surface area contributed by atoms with Crippen molar-refractivity contribution < 1.29 is 14.4 Å². The van der Waals surface area contributed by atoms with Gasteiger partial charge in [-0.3, -0.25) is 4.21 Å². The number of hydrogen-bond donors (Lipinski definition) is 2. The summed E-state index contributed by atoms with van der Waals surface area (Å²) in [5.74, 6) is 0.837. The average molecular weight is 228 g/mol. The maximum atomic E-state index is 11.5. The summed E-state index contributed by atoms with van der Waals surface area (Å²) >= 11 is 0. The van der Waals surface area contributed by atoms with Gasteiger partial charge in [-0.1, -0.05) is 19.4 Å². The molecule has 0 amide bonds. The van der Waals surface area contributed by atoms with Gasteiger partial charge >= 0.3 is 0 Å². The standard InChI is InChI=1S/C11H16O3S/c1-2-3-6-15(14)8-9-4-5-10(12)11(13)7-9/h4-5,7,12-13H,2-3,6,8H2,1H3. The summed E-state index contributed by atoms with van der Waals surface area (Å²) < 4.78 is 11.5. The predicted molar refractivity (Wildman–Crippen MR) is 61.4 cm³/mol. The van der Waals surface area contributed by atoms with Gasteiger partial charge in [0.2, 0.25) is 0 Å². The molecule has 3 nitrogen and oxygen atoms in total. The third-order valence-electron chi connectivity index (χ3n) is 2.09. The molecule has 0 saturated heterocycles. The number of hydrogen-bond acceptors (Lipinski definition) is 3. The van der Waals surface area contributed by atoms with E-state index in [-0.39, 0.29) is 11.5 Å². The number of benzene rings is 1. The quantitative estimate of drug-likeness (QED) is 0.759. The summed E-state index contributed by atoms with van der Waals surface area (Å²) in [7, 11) is -0.879. The minimum atomic E-state index is -0.879. The monoisotopic (exact) mass is 228 g/mol. The molecular formula is C11H16O3S. The molecule has 4 heteroatoms. The maximum absolute atomic E-state index is 11.5. The van der Waals surface area contributed by atoms with Crippen molar-refractivity contribution >= 4 is 10.8 Å². The van der Waals surface area contributed by atoms with Crippen LogP contribution in [0.25, 0.3) is 0 Å². The number of phenols is 2. The van der Waals surface area contributed by atoms with Gasteiger partial charge in [0, 0.05) is 22.3 Å². The highest BCUT2D eigenvalue weighted by Gasteiger charge is 2.04. The van der Waals surface area contributed by atoms with Crippen LogP contribution >= 0.6 is 0 Å². The van der Waals surface area contributed by atoms with Crippen molar-refractivity contribution in [1.29, 1.82) is 0 Å². The minimum Gasteiger partial charge on any atom is -0.504 e. The zero-order valence-corrected chi connectivity index (χ0v) is 9.59. The van der Waals surface area contributed by atoms with Crippen molar-refractivity contribution in [3.63, 3.8) is 0 Å². The smallest absolute Gasteiger partial charge is 0.157 e. The van der Waals surface area contributed by atoms with Gasteiger partial charge in [-0.05, 0) is 24.1 Å². The molecule has 1 rings (SSSR count). The van der Waals surface area contributed by atoms with E-state index in [1.54, 1.807) is 6.07 Å². The van der Waals surface area contributed by atoms with Gasteiger partial charge in [-0.25, -0.2) is 0 Å². The third-order valence-corrected chi connectivity index (χ3v) is 3.49. The number of unbranched alkanes of at least 4 members (excludes halogenated alkanes) is 1. The molecule has 0 aliphatic heterocycles. The Balaban J connectivity index is 2.57. The Hall–Kier alpha value is -1.03. The van der Waals surface area contributed by atoms with Gasteiger partial charge in [0.05, 0.1) is 0 Å². The van der Waals surface area contributed by atoms with Crippen LogP contribution in [0.3, 0.4) is 0 Å². The van der Waals surface area contributed by atoms with Crippen LogP contribution in [0.1, 0.15) is 25.3 Å². The molecule has 0 aliphatic rings. The van der Waals surface area contributed by atoms with E-state index in [1.807, 2.05) is 0 Å². The first-order valence-corrected chi connectivity index (χ1v) is 6.48. The van der Waals surface area contributed by atoms with Crippen molar-refractivity contribution in [2.45, 2.75) is 25.5 Å². The molecule has 1 aromatic rings. The molecule has 2 N–H and O–H groups in total. The largest absolute Gasteiger partial charge is 0.504 e. The Morgan fingerprint density at radius 1 is 1.27 bits per heavy atom. The fourth-order valence-electron chi connectivity index (χ4n) is 1.22. The van der Waals surface area contributed by atoms with E-state index in [0.29, 0.717) is 11.5 Å². The zero-order chi connectivity index (χ0) is 11.3. The molecular weight excluding hydrogens is 212 g/mol. The first-order chi connectivity index (χ1) is 7.13. The summed E-state index contributed by atoms with van der Waals surface area (Å²) in [5, 5.41) is 18.3. The molecule has 0 bridgehead atoms. The Morgan fingerprint density at radius 3 is 2.60 bits per heavy atom. The summed E-state index contributed by atoms with van der Waals surface area (Å²) in [5.41, 5.74) is 0.791. The topological polar surface area (TPSA) is 57.5 Å². The Kier molecular flexibility index (Phi) is 4.62. The predicted octanol–water partition coefficient (Wildman–Crippen LogP) is 2.15. The van der Waals surface area contributed by atoms with Crippen molar-refractivity contribution in [3.05, 3.63) is 23.8 Å². The lowest BCUT2D eigenvalue weighted by Crippen LogP contribution is -2.00. The molecule has 15 heavy (non-hydrogen) atoms. The first-order valence-electron chi connectivity index (χ1n) is 4.99. The molecule has 1 atom stereocenters. The molecule has 1 aromatic carbocycles. The average Bonchev–Trinajstić information content (AvgIpc) is 2.20. The molecule has 0 spiro atoms. The van der Waals surface area contributed by atoms with E-state index in [2.05, 4.69) is 6.92 Å². The Morgan fingerprint density at radius 2 is 2.00 bits per heavy atom. The molecule has 0 aromatic heterocycles. The number of phenolic OH excluding ortho intramolecular Hbond substituents is 2. The van der Waals surface area contributed by atoms with Crippen molar-refractivity contribution in [3.8, 4) is 11.5 Å². The van der Waals surface area contributed by atoms with Gasteiger partial charge < -0.3 is 10.2 Å². The van der Waals surface area contributed by atoms with Gasteiger partial charge in [0.15, 0.2) is 11.5 Å². The summed E-state index contributed by atoms with van der Waals surface area (Å²) in [6.45, 7) is 2.06. The molecule has 0 radical (unpaired) electrons.